The number of hydrogen-bond donors (Lipinski definition) is 3. The SMILES string of the molecule is Cc1c(-c2ccc3cnc(Nc4ccnn4C4CCNCC4)nc3c2)cnc2c1NCCO2. The monoisotopic (exact) mass is 442 g/mol. The van der Waals surface area contributed by atoms with Gasteiger partial charge in [0.25, 0.3) is 0 Å². The van der Waals surface area contributed by atoms with Crippen molar-refractivity contribution in [2.24, 2.45) is 0 Å². The molecule has 9 nitrogen and oxygen atoms in total. The molecule has 0 bridgehead atoms. The summed E-state index contributed by atoms with van der Waals surface area (Å²) in [5.74, 6) is 2.14. The molecule has 2 aliphatic heterocycles. The first-order valence-electron chi connectivity index (χ1n) is 11.4. The summed E-state index contributed by atoms with van der Waals surface area (Å²) in [6.45, 7) is 5.54. The number of pyridine rings is 1. The van der Waals surface area contributed by atoms with Crippen LogP contribution in [0.2, 0.25) is 0 Å². The number of ether oxygens (including phenoxy) is 1. The molecule has 4 aromatic rings. The second-order valence-electron chi connectivity index (χ2n) is 8.49. The summed E-state index contributed by atoms with van der Waals surface area (Å²) < 4.78 is 7.73. The number of hydrogen-bond acceptors (Lipinski definition) is 8. The Hall–Kier alpha value is -3.72. The molecule has 6 rings (SSSR count). The first-order valence-corrected chi connectivity index (χ1v) is 11.4. The fourth-order valence-corrected chi connectivity index (χ4v) is 4.63. The van der Waals surface area contributed by atoms with Gasteiger partial charge in [-0.25, -0.2) is 19.6 Å². The highest BCUT2D eigenvalue weighted by Crippen LogP contribution is 2.36. The van der Waals surface area contributed by atoms with Gasteiger partial charge in [-0.1, -0.05) is 12.1 Å². The molecule has 0 saturated carbocycles. The average molecular weight is 443 g/mol. The summed E-state index contributed by atoms with van der Waals surface area (Å²) in [4.78, 5) is 13.8. The predicted molar refractivity (Wildman–Crippen MR) is 128 cm³/mol. The molecule has 33 heavy (non-hydrogen) atoms. The highest BCUT2D eigenvalue weighted by atomic mass is 16.5. The lowest BCUT2D eigenvalue weighted by molar-refractivity contribution is 0.310. The van der Waals surface area contributed by atoms with Crippen LogP contribution in [0.3, 0.4) is 0 Å². The van der Waals surface area contributed by atoms with E-state index in [0.717, 1.165) is 71.6 Å². The van der Waals surface area contributed by atoms with Crippen molar-refractivity contribution in [3.63, 3.8) is 0 Å². The molecule has 1 aromatic carbocycles. The Kier molecular flexibility index (Phi) is 5.03. The molecular formula is C24H26N8O. The first-order chi connectivity index (χ1) is 16.3. The zero-order valence-electron chi connectivity index (χ0n) is 18.5. The summed E-state index contributed by atoms with van der Waals surface area (Å²) in [5, 5.41) is 15.7. The molecule has 0 atom stereocenters. The van der Waals surface area contributed by atoms with Gasteiger partial charge in [-0.15, -0.1) is 0 Å². The van der Waals surface area contributed by atoms with Crippen LogP contribution in [0.5, 0.6) is 5.88 Å². The van der Waals surface area contributed by atoms with E-state index in [1.165, 1.54) is 0 Å². The van der Waals surface area contributed by atoms with Crippen molar-refractivity contribution in [1.82, 2.24) is 30.0 Å². The molecule has 168 valence electrons. The third-order valence-corrected chi connectivity index (χ3v) is 6.40. The van der Waals surface area contributed by atoms with Crippen molar-refractivity contribution < 1.29 is 4.74 Å². The Labute approximate surface area is 191 Å². The van der Waals surface area contributed by atoms with Gasteiger partial charge in [-0.3, -0.25) is 0 Å². The molecular weight excluding hydrogens is 416 g/mol. The smallest absolute Gasteiger partial charge is 0.237 e. The van der Waals surface area contributed by atoms with E-state index in [2.05, 4.69) is 60.8 Å². The molecule has 0 radical (unpaired) electrons. The Morgan fingerprint density at radius 1 is 1.09 bits per heavy atom. The molecule has 0 aliphatic carbocycles. The molecule has 0 amide bonds. The van der Waals surface area contributed by atoms with Gasteiger partial charge in [0.15, 0.2) is 0 Å². The van der Waals surface area contributed by atoms with Gasteiger partial charge in [0.2, 0.25) is 11.8 Å². The van der Waals surface area contributed by atoms with Crippen molar-refractivity contribution >= 4 is 28.4 Å². The van der Waals surface area contributed by atoms with Gasteiger partial charge in [0.1, 0.15) is 18.1 Å². The third-order valence-electron chi connectivity index (χ3n) is 6.40. The van der Waals surface area contributed by atoms with Gasteiger partial charge < -0.3 is 20.7 Å². The average Bonchev–Trinajstić information content (AvgIpc) is 3.33. The Morgan fingerprint density at radius 3 is 2.91 bits per heavy atom. The molecule has 1 saturated heterocycles. The molecule has 3 N–H and O–H groups in total. The van der Waals surface area contributed by atoms with E-state index in [0.29, 0.717) is 24.5 Å². The van der Waals surface area contributed by atoms with Crippen LogP contribution in [-0.4, -0.2) is 51.0 Å². The van der Waals surface area contributed by atoms with E-state index in [1.54, 1.807) is 0 Å². The number of nitrogens with zero attached hydrogens (tertiary/aromatic N) is 5. The number of rotatable bonds is 4. The summed E-state index contributed by atoms with van der Waals surface area (Å²) in [6, 6.07) is 8.59. The predicted octanol–water partition coefficient (Wildman–Crippen LogP) is 3.67. The maximum Gasteiger partial charge on any atom is 0.237 e. The highest BCUT2D eigenvalue weighted by Gasteiger charge is 2.19. The summed E-state index contributed by atoms with van der Waals surface area (Å²) in [6.07, 6.45) is 7.68. The lowest BCUT2D eigenvalue weighted by Crippen LogP contribution is -2.30. The number of benzene rings is 1. The minimum absolute atomic E-state index is 0.382. The number of nitrogens with one attached hydrogen (secondary N) is 3. The van der Waals surface area contributed by atoms with Crippen molar-refractivity contribution in [3.05, 3.63) is 48.4 Å². The van der Waals surface area contributed by atoms with Gasteiger partial charge in [0, 0.05) is 36.0 Å². The maximum atomic E-state index is 5.67. The second-order valence-corrected chi connectivity index (χ2v) is 8.49. The zero-order valence-corrected chi connectivity index (χ0v) is 18.5. The van der Waals surface area contributed by atoms with Gasteiger partial charge in [-0.2, -0.15) is 5.10 Å². The van der Waals surface area contributed by atoms with Crippen LogP contribution in [0.1, 0.15) is 24.4 Å². The highest BCUT2D eigenvalue weighted by molar-refractivity contribution is 5.86. The van der Waals surface area contributed by atoms with E-state index in [-0.39, 0.29) is 0 Å². The Morgan fingerprint density at radius 2 is 2.00 bits per heavy atom. The number of fused-ring (bicyclic) bond motifs is 2. The topological polar surface area (TPSA) is 102 Å². The van der Waals surface area contributed by atoms with Crippen molar-refractivity contribution in [1.29, 1.82) is 0 Å². The zero-order chi connectivity index (χ0) is 22.2. The Bertz CT molecular complexity index is 1310. The fourth-order valence-electron chi connectivity index (χ4n) is 4.63. The molecule has 0 unspecified atom stereocenters. The number of anilines is 3. The summed E-state index contributed by atoms with van der Waals surface area (Å²) >= 11 is 0. The summed E-state index contributed by atoms with van der Waals surface area (Å²) in [5.41, 5.74) is 5.09. The fraction of sp³-hybridized carbons (Fsp3) is 0.333. The summed E-state index contributed by atoms with van der Waals surface area (Å²) in [7, 11) is 0. The van der Waals surface area contributed by atoms with Crippen LogP contribution in [0.25, 0.3) is 22.0 Å². The van der Waals surface area contributed by atoms with Gasteiger partial charge >= 0.3 is 0 Å². The molecule has 1 fully saturated rings. The lowest BCUT2D eigenvalue weighted by Gasteiger charge is -2.24. The van der Waals surface area contributed by atoms with Crippen LogP contribution < -0.4 is 20.7 Å². The molecule has 3 aromatic heterocycles. The standard InChI is InChI=1S/C24H26N8O/c1-15-19(14-27-23-22(15)26-10-11-33-23)16-2-3-17-13-28-24(30-20(17)12-16)31-21-6-9-29-32(21)18-4-7-25-8-5-18/h2-3,6,9,12-14,18,25-26H,4-5,7-8,10-11H2,1H3,(H,28,30,31). The van der Waals surface area contributed by atoms with E-state index in [1.807, 2.05) is 24.7 Å². The van der Waals surface area contributed by atoms with Crippen molar-refractivity contribution in [3.8, 4) is 17.0 Å². The maximum absolute atomic E-state index is 5.67. The number of piperidine rings is 1. The molecule has 9 heteroatoms. The van der Waals surface area contributed by atoms with Crippen molar-refractivity contribution in [2.45, 2.75) is 25.8 Å². The normalized spacial score (nSPS) is 16.2. The van der Waals surface area contributed by atoms with Gasteiger partial charge in [-0.05, 0) is 50.0 Å². The minimum Gasteiger partial charge on any atom is -0.474 e. The Balaban J connectivity index is 1.32. The third kappa shape index (κ3) is 3.74. The van der Waals surface area contributed by atoms with Crippen LogP contribution in [-0.2, 0) is 0 Å². The molecule has 2 aliphatic rings. The van der Waals surface area contributed by atoms with Crippen LogP contribution in [0, 0.1) is 6.92 Å². The largest absolute Gasteiger partial charge is 0.474 e. The number of aromatic nitrogens is 5. The second kappa shape index (κ2) is 8.32. The van der Waals surface area contributed by atoms with Gasteiger partial charge in [0.05, 0.1) is 17.8 Å². The quantitative estimate of drug-likeness (QED) is 0.440. The van der Waals surface area contributed by atoms with Crippen LogP contribution >= 0.6 is 0 Å². The van der Waals surface area contributed by atoms with E-state index >= 15 is 0 Å². The first kappa shape index (κ1) is 19.9. The van der Waals surface area contributed by atoms with Crippen LogP contribution in [0.15, 0.2) is 42.9 Å². The van der Waals surface area contributed by atoms with Crippen molar-refractivity contribution in [2.75, 3.05) is 36.9 Å². The van der Waals surface area contributed by atoms with E-state index in [4.69, 9.17) is 9.72 Å². The minimum atomic E-state index is 0.382. The van der Waals surface area contributed by atoms with Crippen LogP contribution in [0.4, 0.5) is 17.5 Å². The van der Waals surface area contributed by atoms with E-state index in [9.17, 15) is 0 Å². The molecule has 5 heterocycles. The molecule has 0 spiro atoms. The van der Waals surface area contributed by atoms with E-state index < -0.39 is 0 Å². The lowest BCUT2D eigenvalue weighted by atomic mass is 10.00.